The molecule has 3 heterocycles. The number of nitrogens with zero attached hydrogens (tertiary/aromatic N) is 4. The third kappa shape index (κ3) is 4.08. The van der Waals surface area contributed by atoms with Gasteiger partial charge >= 0.3 is 0 Å². The Morgan fingerprint density at radius 2 is 2.17 bits per heavy atom. The number of ether oxygens (including phenoxy) is 1. The molecule has 126 valence electrons. The highest BCUT2D eigenvalue weighted by Gasteiger charge is 2.24. The highest BCUT2D eigenvalue weighted by Crippen LogP contribution is 2.18. The minimum absolute atomic E-state index is 0.0588. The van der Waals surface area contributed by atoms with E-state index in [1.165, 1.54) is 4.90 Å². The average Bonchev–Trinajstić information content (AvgIpc) is 3.02. The number of carbonyl (C=O) groups is 1. The van der Waals surface area contributed by atoms with Crippen molar-refractivity contribution in [3.05, 3.63) is 54.0 Å². The number of aromatic nitrogens is 2. The summed E-state index contributed by atoms with van der Waals surface area (Å²) in [7, 11) is 3.45. The molecule has 2 aromatic rings. The van der Waals surface area contributed by atoms with Crippen molar-refractivity contribution >= 4 is 5.91 Å². The molecule has 1 fully saturated rings. The van der Waals surface area contributed by atoms with Crippen molar-refractivity contribution in [3.8, 4) is 5.88 Å². The van der Waals surface area contributed by atoms with E-state index in [2.05, 4.69) is 14.9 Å². The number of hydrogen-bond donors (Lipinski definition) is 0. The quantitative estimate of drug-likeness (QED) is 0.839. The fraction of sp³-hybridized carbons (Fsp3) is 0.389. The van der Waals surface area contributed by atoms with Crippen LogP contribution in [0.2, 0.25) is 0 Å². The molecule has 0 radical (unpaired) electrons. The standard InChI is InChI=1S/C18H22N4O2/c1-21(2)18(23)14-6-7-17(20-11-14)24-16-8-10-22(13-16)12-15-5-3-4-9-19-15/h3-7,9,11,16H,8,10,12-13H2,1-2H3. The summed E-state index contributed by atoms with van der Waals surface area (Å²) in [5.41, 5.74) is 1.64. The Morgan fingerprint density at radius 1 is 1.29 bits per heavy atom. The Morgan fingerprint density at radius 3 is 2.83 bits per heavy atom. The molecular weight excluding hydrogens is 304 g/mol. The van der Waals surface area contributed by atoms with E-state index in [-0.39, 0.29) is 12.0 Å². The fourth-order valence-electron chi connectivity index (χ4n) is 2.76. The van der Waals surface area contributed by atoms with Crippen LogP contribution >= 0.6 is 0 Å². The molecule has 1 amide bonds. The van der Waals surface area contributed by atoms with E-state index in [0.29, 0.717) is 11.4 Å². The molecule has 1 atom stereocenters. The summed E-state index contributed by atoms with van der Waals surface area (Å²) in [6.45, 7) is 2.68. The summed E-state index contributed by atoms with van der Waals surface area (Å²) in [6.07, 6.45) is 4.47. The van der Waals surface area contributed by atoms with Crippen LogP contribution in [0.3, 0.4) is 0 Å². The van der Waals surface area contributed by atoms with Crippen LogP contribution in [-0.4, -0.2) is 59.0 Å². The first kappa shape index (κ1) is 16.4. The molecule has 1 unspecified atom stereocenters. The van der Waals surface area contributed by atoms with E-state index in [1.807, 2.05) is 24.4 Å². The second-order valence-electron chi connectivity index (χ2n) is 6.17. The van der Waals surface area contributed by atoms with E-state index in [1.54, 1.807) is 32.4 Å². The number of rotatable bonds is 5. The normalized spacial score (nSPS) is 17.7. The molecule has 3 rings (SSSR count). The first-order valence-electron chi connectivity index (χ1n) is 8.08. The molecule has 1 aliphatic rings. The van der Waals surface area contributed by atoms with Crippen LogP contribution in [-0.2, 0) is 6.54 Å². The fourth-order valence-corrected chi connectivity index (χ4v) is 2.76. The van der Waals surface area contributed by atoms with Gasteiger partial charge in [-0.2, -0.15) is 0 Å². The Balaban J connectivity index is 1.53. The van der Waals surface area contributed by atoms with Crippen molar-refractivity contribution in [2.45, 2.75) is 19.1 Å². The smallest absolute Gasteiger partial charge is 0.254 e. The van der Waals surface area contributed by atoms with E-state index in [9.17, 15) is 4.79 Å². The zero-order chi connectivity index (χ0) is 16.9. The minimum atomic E-state index is -0.0588. The number of carbonyl (C=O) groups excluding carboxylic acids is 1. The number of amides is 1. The van der Waals surface area contributed by atoms with Crippen LogP contribution in [0.15, 0.2) is 42.7 Å². The summed E-state index contributed by atoms with van der Waals surface area (Å²) in [5, 5.41) is 0. The van der Waals surface area contributed by atoms with Gasteiger partial charge < -0.3 is 9.64 Å². The second kappa shape index (κ2) is 7.40. The SMILES string of the molecule is CN(C)C(=O)c1ccc(OC2CCN(Cc3ccccn3)C2)nc1. The van der Waals surface area contributed by atoms with Crippen LogP contribution in [0, 0.1) is 0 Å². The van der Waals surface area contributed by atoms with Crippen molar-refractivity contribution < 1.29 is 9.53 Å². The van der Waals surface area contributed by atoms with Gasteiger partial charge in [-0.3, -0.25) is 14.7 Å². The van der Waals surface area contributed by atoms with Gasteiger partial charge in [-0.15, -0.1) is 0 Å². The van der Waals surface area contributed by atoms with Crippen molar-refractivity contribution in [1.82, 2.24) is 19.8 Å². The number of hydrogen-bond acceptors (Lipinski definition) is 5. The van der Waals surface area contributed by atoms with Gasteiger partial charge in [0.1, 0.15) is 6.10 Å². The molecule has 0 bridgehead atoms. The van der Waals surface area contributed by atoms with Gasteiger partial charge in [0.05, 0.1) is 11.3 Å². The lowest BCUT2D eigenvalue weighted by Gasteiger charge is -2.16. The minimum Gasteiger partial charge on any atom is -0.473 e. The Hall–Kier alpha value is -2.47. The van der Waals surface area contributed by atoms with E-state index in [4.69, 9.17) is 4.74 Å². The molecule has 1 aliphatic heterocycles. The summed E-state index contributed by atoms with van der Waals surface area (Å²) in [4.78, 5) is 24.3. The first-order valence-corrected chi connectivity index (χ1v) is 8.08. The zero-order valence-corrected chi connectivity index (χ0v) is 14.1. The van der Waals surface area contributed by atoms with Gasteiger partial charge in [-0.25, -0.2) is 4.98 Å². The van der Waals surface area contributed by atoms with Gasteiger partial charge in [0, 0.05) is 52.2 Å². The second-order valence-corrected chi connectivity index (χ2v) is 6.17. The molecule has 0 aliphatic carbocycles. The predicted octanol–water partition coefficient (Wildman–Crippen LogP) is 1.83. The summed E-state index contributed by atoms with van der Waals surface area (Å²) >= 11 is 0. The lowest BCUT2D eigenvalue weighted by Crippen LogP contribution is -2.25. The highest BCUT2D eigenvalue weighted by atomic mass is 16.5. The third-order valence-electron chi connectivity index (χ3n) is 4.02. The van der Waals surface area contributed by atoms with Crippen molar-refractivity contribution in [3.63, 3.8) is 0 Å². The van der Waals surface area contributed by atoms with Gasteiger partial charge in [0.2, 0.25) is 5.88 Å². The van der Waals surface area contributed by atoms with Crippen LogP contribution in [0.5, 0.6) is 5.88 Å². The molecular formula is C18H22N4O2. The molecule has 2 aromatic heterocycles. The maximum absolute atomic E-state index is 11.8. The average molecular weight is 326 g/mol. The predicted molar refractivity (Wildman–Crippen MR) is 90.8 cm³/mol. The lowest BCUT2D eigenvalue weighted by atomic mass is 10.2. The van der Waals surface area contributed by atoms with Crippen molar-refractivity contribution in [1.29, 1.82) is 0 Å². The molecule has 1 saturated heterocycles. The molecule has 0 spiro atoms. The summed E-state index contributed by atoms with van der Waals surface area (Å²) in [5.74, 6) is 0.506. The van der Waals surface area contributed by atoms with Crippen LogP contribution < -0.4 is 4.74 Å². The monoisotopic (exact) mass is 326 g/mol. The van der Waals surface area contributed by atoms with Crippen LogP contribution in [0.25, 0.3) is 0 Å². The molecule has 6 nitrogen and oxygen atoms in total. The van der Waals surface area contributed by atoms with Crippen LogP contribution in [0.4, 0.5) is 0 Å². The highest BCUT2D eigenvalue weighted by molar-refractivity contribution is 5.93. The Kier molecular flexibility index (Phi) is 5.05. The first-order chi connectivity index (χ1) is 11.6. The third-order valence-corrected chi connectivity index (χ3v) is 4.02. The molecule has 6 heteroatoms. The molecule has 0 N–H and O–H groups in total. The summed E-state index contributed by atoms with van der Waals surface area (Å²) < 4.78 is 5.94. The molecule has 0 saturated carbocycles. The topological polar surface area (TPSA) is 58.6 Å². The molecule has 0 aromatic carbocycles. The summed E-state index contributed by atoms with van der Waals surface area (Å²) in [6, 6.07) is 9.49. The van der Waals surface area contributed by atoms with Crippen molar-refractivity contribution in [2.24, 2.45) is 0 Å². The maximum Gasteiger partial charge on any atom is 0.254 e. The van der Waals surface area contributed by atoms with E-state index < -0.39 is 0 Å². The lowest BCUT2D eigenvalue weighted by molar-refractivity contribution is 0.0827. The van der Waals surface area contributed by atoms with Gasteiger partial charge in [0.15, 0.2) is 0 Å². The number of pyridine rings is 2. The Labute approximate surface area is 142 Å². The number of likely N-dealkylation sites (tertiary alicyclic amines) is 1. The zero-order valence-electron chi connectivity index (χ0n) is 14.1. The van der Waals surface area contributed by atoms with Crippen LogP contribution in [0.1, 0.15) is 22.5 Å². The van der Waals surface area contributed by atoms with E-state index >= 15 is 0 Å². The van der Waals surface area contributed by atoms with Gasteiger partial charge in [-0.1, -0.05) is 6.07 Å². The van der Waals surface area contributed by atoms with Crippen molar-refractivity contribution in [2.75, 3.05) is 27.2 Å². The maximum atomic E-state index is 11.8. The molecule has 24 heavy (non-hydrogen) atoms. The van der Waals surface area contributed by atoms with E-state index in [0.717, 1.165) is 31.7 Å². The largest absolute Gasteiger partial charge is 0.473 e. The van der Waals surface area contributed by atoms with Gasteiger partial charge in [-0.05, 0) is 24.6 Å². The Bertz CT molecular complexity index is 673. The van der Waals surface area contributed by atoms with Gasteiger partial charge in [0.25, 0.3) is 5.91 Å².